The number of ether oxygens (including phenoxy) is 1. The average Bonchev–Trinajstić information content (AvgIpc) is 2.95. The molecule has 28 heavy (non-hydrogen) atoms. The molecule has 1 atom stereocenters. The van der Waals surface area contributed by atoms with Gasteiger partial charge in [0, 0.05) is 32.1 Å². The van der Waals surface area contributed by atoms with Crippen LogP contribution in [0, 0.1) is 5.92 Å². The lowest BCUT2D eigenvalue weighted by atomic mass is 9.98. The molecule has 7 nitrogen and oxygen atoms in total. The van der Waals surface area contributed by atoms with Crippen molar-refractivity contribution in [2.45, 2.75) is 55.9 Å². The van der Waals surface area contributed by atoms with E-state index in [0.29, 0.717) is 10.7 Å². The number of sulfone groups is 1. The first-order valence-corrected chi connectivity index (χ1v) is 10.1. The van der Waals surface area contributed by atoms with Crippen LogP contribution in [0.2, 0.25) is 0 Å². The zero-order valence-electron chi connectivity index (χ0n) is 16.0. The minimum Gasteiger partial charge on any atom is -0.444 e. The Bertz CT molecular complexity index is 822. The minimum absolute atomic E-state index is 0.0453. The van der Waals surface area contributed by atoms with E-state index in [-0.39, 0.29) is 25.9 Å². The molecule has 0 aromatic carbocycles. The van der Waals surface area contributed by atoms with Gasteiger partial charge in [0.1, 0.15) is 5.60 Å². The number of rotatable bonds is 3. The third-order valence-corrected chi connectivity index (χ3v) is 6.22. The quantitative estimate of drug-likeness (QED) is 0.690. The van der Waals surface area contributed by atoms with Gasteiger partial charge in [-0.2, -0.15) is 18.3 Å². The minimum atomic E-state index is -4.84. The molecule has 0 N–H and O–H groups in total. The van der Waals surface area contributed by atoms with Crippen molar-refractivity contribution in [2.75, 3.05) is 13.1 Å². The number of nitrogens with zero attached hydrogens (tertiary/aromatic N) is 3. The van der Waals surface area contributed by atoms with Gasteiger partial charge in [-0.3, -0.25) is 4.68 Å². The summed E-state index contributed by atoms with van der Waals surface area (Å²) >= 11 is 0. The molecule has 1 saturated heterocycles. The van der Waals surface area contributed by atoms with Gasteiger partial charge in [0.15, 0.2) is 10.7 Å². The zero-order chi connectivity index (χ0) is 21.5. The van der Waals surface area contributed by atoms with Crippen molar-refractivity contribution in [3.63, 3.8) is 0 Å². The maximum Gasteiger partial charge on any atom is 0.435 e. The highest BCUT2D eigenvalue weighted by Crippen LogP contribution is 2.34. The fourth-order valence-electron chi connectivity index (χ4n) is 2.89. The molecule has 160 valence electrons. The number of carbonyl (C=O) groups is 1. The fourth-order valence-corrected chi connectivity index (χ4v) is 4.59. The molecule has 1 amide bonds. The smallest absolute Gasteiger partial charge is 0.435 e. The lowest BCUT2D eigenvalue weighted by Crippen LogP contribution is -2.44. The normalized spacial score (nSPS) is 18.2. The van der Waals surface area contributed by atoms with E-state index in [1.54, 1.807) is 20.8 Å². The molecule has 1 aromatic heterocycles. The summed E-state index contributed by atoms with van der Waals surface area (Å²) in [6.45, 7) is 5.28. The number of aryl methyl sites for hydroxylation is 1. The van der Waals surface area contributed by atoms with Crippen molar-refractivity contribution in [2.24, 2.45) is 13.0 Å². The third-order valence-electron chi connectivity index (χ3n) is 4.28. The molecule has 1 fully saturated rings. The number of hydrogen-bond acceptors (Lipinski definition) is 5. The maximum atomic E-state index is 14.8. The molecule has 2 heterocycles. The van der Waals surface area contributed by atoms with Gasteiger partial charge in [-0.1, -0.05) is 0 Å². The highest BCUT2D eigenvalue weighted by molar-refractivity contribution is 7.91. The molecule has 0 spiro atoms. The van der Waals surface area contributed by atoms with Crippen LogP contribution in [0.25, 0.3) is 0 Å². The predicted octanol–water partition coefficient (Wildman–Crippen LogP) is 3.16. The summed E-state index contributed by atoms with van der Waals surface area (Å²) in [6, 6.07) is 0.331. The first-order chi connectivity index (χ1) is 12.6. The van der Waals surface area contributed by atoms with Crippen LogP contribution in [0.15, 0.2) is 11.1 Å². The Labute approximate surface area is 160 Å². The van der Waals surface area contributed by atoms with Crippen LogP contribution in [-0.4, -0.2) is 53.4 Å². The van der Waals surface area contributed by atoms with E-state index < -0.39 is 49.8 Å². The van der Waals surface area contributed by atoms with Crippen LogP contribution in [0.3, 0.4) is 0 Å². The van der Waals surface area contributed by atoms with Crippen molar-refractivity contribution in [1.82, 2.24) is 14.7 Å². The second kappa shape index (κ2) is 7.53. The highest BCUT2D eigenvalue weighted by atomic mass is 32.2. The van der Waals surface area contributed by atoms with E-state index in [1.165, 1.54) is 4.90 Å². The average molecular weight is 429 g/mol. The zero-order valence-corrected chi connectivity index (χ0v) is 16.8. The van der Waals surface area contributed by atoms with Gasteiger partial charge in [-0.05, 0) is 33.6 Å². The van der Waals surface area contributed by atoms with Crippen LogP contribution < -0.4 is 0 Å². The summed E-state index contributed by atoms with van der Waals surface area (Å²) in [5.74, 6) is -0.951. The maximum absolute atomic E-state index is 14.8. The van der Waals surface area contributed by atoms with Crippen molar-refractivity contribution in [1.29, 1.82) is 0 Å². The number of piperidine rings is 1. The van der Waals surface area contributed by atoms with Crippen molar-refractivity contribution < 1.29 is 35.5 Å². The van der Waals surface area contributed by atoms with Crippen LogP contribution in [0.1, 0.15) is 39.3 Å². The monoisotopic (exact) mass is 429 g/mol. The van der Waals surface area contributed by atoms with Gasteiger partial charge in [0.25, 0.3) is 0 Å². The van der Waals surface area contributed by atoms with Crippen molar-refractivity contribution >= 4 is 15.9 Å². The number of amides is 1. The summed E-state index contributed by atoms with van der Waals surface area (Å²) < 4.78 is 83.7. The topological polar surface area (TPSA) is 81.5 Å². The van der Waals surface area contributed by atoms with E-state index in [4.69, 9.17) is 4.74 Å². The van der Waals surface area contributed by atoms with E-state index in [1.807, 2.05) is 0 Å². The molecule has 1 aliphatic rings. The van der Waals surface area contributed by atoms with Gasteiger partial charge in [0.2, 0.25) is 15.3 Å². The number of aromatic nitrogens is 2. The predicted molar refractivity (Wildman–Crippen MR) is 90.8 cm³/mol. The molecule has 0 saturated carbocycles. The summed E-state index contributed by atoms with van der Waals surface area (Å²) in [5.41, 5.74) is -4.50. The number of carbonyl (C=O) groups excluding carboxylic acids is 1. The molecule has 1 aromatic rings. The third kappa shape index (κ3) is 4.95. The Morgan fingerprint density at radius 1 is 1.25 bits per heavy atom. The summed E-state index contributed by atoms with van der Waals surface area (Å²) in [5, 5.41) is 2.29. The Balaban J connectivity index is 2.10. The van der Waals surface area contributed by atoms with Gasteiger partial charge in [-0.15, -0.1) is 0 Å². The Morgan fingerprint density at radius 2 is 1.79 bits per heavy atom. The van der Waals surface area contributed by atoms with Crippen LogP contribution in [0.4, 0.5) is 22.4 Å². The second-order valence-electron chi connectivity index (χ2n) is 7.69. The number of likely N-dealkylation sites (tertiary alicyclic amines) is 1. The highest BCUT2D eigenvalue weighted by Gasteiger charge is 2.42. The van der Waals surface area contributed by atoms with Crippen LogP contribution >= 0.6 is 0 Å². The number of hydrogen-bond donors (Lipinski definition) is 0. The lowest BCUT2D eigenvalue weighted by Gasteiger charge is -2.34. The molecule has 1 aliphatic heterocycles. The largest absolute Gasteiger partial charge is 0.444 e. The summed E-state index contributed by atoms with van der Waals surface area (Å²) in [6.07, 6.45) is -5.32. The molecule has 12 heteroatoms. The van der Waals surface area contributed by atoms with E-state index >= 15 is 0 Å². The SMILES string of the molecule is Cn1nc(C(F)(F)F)cc1S(=O)(=O)C(F)C1CCN(C(=O)OC(C)(C)C)CC1. The molecule has 0 aliphatic carbocycles. The van der Waals surface area contributed by atoms with Crippen molar-refractivity contribution in [3.8, 4) is 0 Å². The second-order valence-corrected chi connectivity index (χ2v) is 9.65. The molecule has 1 unspecified atom stereocenters. The standard InChI is InChI=1S/C16H23F4N3O4S/c1-15(2,3)27-14(24)23-7-5-10(6-8-23)13(17)28(25,26)12-9-11(16(18,19)20)21-22(12)4/h9-10,13H,5-8H2,1-4H3. The van der Waals surface area contributed by atoms with Crippen molar-refractivity contribution in [3.05, 3.63) is 11.8 Å². The first kappa shape index (κ1) is 22.4. The first-order valence-electron chi connectivity index (χ1n) is 8.60. The Hall–Kier alpha value is -1.85. The van der Waals surface area contributed by atoms with Gasteiger partial charge < -0.3 is 9.64 Å². The lowest BCUT2D eigenvalue weighted by molar-refractivity contribution is -0.141. The van der Waals surface area contributed by atoms with Crippen LogP contribution in [-0.2, 0) is 27.8 Å². The Morgan fingerprint density at radius 3 is 2.21 bits per heavy atom. The van der Waals surface area contributed by atoms with E-state index in [2.05, 4.69) is 5.10 Å². The fraction of sp³-hybridized carbons (Fsp3) is 0.750. The summed E-state index contributed by atoms with van der Waals surface area (Å²) in [4.78, 5) is 13.4. The van der Waals surface area contributed by atoms with E-state index in [0.717, 1.165) is 7.05 Å². The van der Waals surface area contributed by atoms with Gasteiger partial charge in [-0.25, -0.2) is 17.6 Å². The van der Waals surface area contributed by atoms with Gasteiger partial charge in [0.05, 0.1) is 0 Å². The number of halogens is 4. The van der Waals surface area contributed by atoms with E-state index in [9.17, 15) is 30.8 Å². The summed E-state index contributed by atoms with van der Waals surface area (Å²) in [7, 11) is -3.66. The molecular formula is C16H23F4N3O4S. The van der Waals surface area contributed by atoms with Gasteiger partial charge >= 0.3 is 12.3 Å². The number of alkyl halides is 4. The molecular weight excluding hydrogens is 406 g/mol. The molecule has 2 rings (SSSR count). The molecule has 0 bridgehead atoms. The van der Waals surface area contributed by atoms with Crippen LogP contribution in [0.5, 0.6) is 0 Å². The molecule has 0 radical (unpaired) electrons. The Kier molecular flexibility index (Phi) is 6.03.